The number of hydrogen-bond acceptors (Lipinski definition) is 8. The summed E-state index contributed by atoms with van der Waals surface area (Å²) in [6.07, 6.45) is 3.31. The molecule has 1 aliphatic rings. The Kier molecular flexibility index (Phi) is 7.46. The molecule has 188 valence electrons. The van der Waals surface area contributed by atoms with E-state index in [1.54, 1.807) is 18.5 Å². The first-order chi connectivity index (χ1) is 18.0. The van der Waals surface area contributed by atoms with Gasteiger partial charge in [-0.15, -0.1) is 10.2 Å². The van der Waals surface area contributed by atoms with Gasteiger partial charge in [0.15, 0.2) is 0 Å². The van der Waals surface area contributed by atoms with E-state index in [2.05, 4.69) is 25.4 Å². The van der Waals surface area contributed by atoms with Crippen LogP contribution in [0.2, 0.25) is 0 Å². The maximum atomic E-state index is 12.8. The van der Waals surface area contributed by atoms with Crippen LogP contribution >= 0.6 is 11.8 Å². The van der Waals surface area contributed by atoms with Gasteiger partial charge in [0.05, 0.1) is 11.3 Å². The maximum Gasteiger partial charge on any atom is 0.277 e. The molecular formula is C27H26N6O3S. The number of nitrogens with one attached hydrogen (secondary N) is 1. The molecule has 10 heteroatoms. The summed E-state index contributed by atoms with van der Waals surface area (Å²) >= 11 is 1.18. The Labute approximate surface area is 218 Å². The molecule has 0 saturated carbocycles. The van der Waals surface area contributed by atoms with Crippen molar-refractivity contribution in [2.75, 3.05) is 42.1 Å². The number of piperazine rings is 1. The van der Waals surface area contributed by atoms with E-state index < -0.39 is 0 Å². The van der Waals surface area contributed by atoms with Crippen LogP contribution in [0.4, 0.5) is 11.4 Å². The number of aromatic nitrogens is 3. The molecule has 37 heavy (non-hydrogen) atoms. The van der Waals surface area contributed by atoms with Gasteiger partial charge in [0.1, 0.15) is 0 Å². The van der Waals surface area contributed by atoms with Crippen LogP contribution in [-0.2, 0) is 4.79 Å². The van der Waals surface area contributed by atoms with E-state index in [1.165, 1.54) is 11.8 Å². The van der Waals surface area contributed by atoms with Gasteiger partial charge in [-0.2, -0.15) is 0 Å². The molecule has 1 aliphatic heterocycles. The molecule has 2 aromatic carbocycles. The molecule has 1 fully saturated rings. The van der Waals surface area contributed by atoms with Crippen molar-refractivity contribution in [2.24, 2.45) is 0 Å². The fourth-order valence-electron chi connectivity index (χ4n) is 4.08. The van der Waals surface area contributed by atoms with Gasteiger partial charge in [-0.25, -0.2) is 0 Å². The second-order valence-corrected chi connectivity index (χ2v) is 9.57. The van der Waals surface area contributed by atoms with Gasteiger partial charge in [0, 0.05) is 55.5 Å². The van der Waals surface area contributed by atoms with Crippen LogP contribution in [0, 0.1) is 6.92 Å². The fraction of sp³-hybridized carbons (Fsp3) is 0.222. The topological polar surface area (TPSA) is 104 Å². The first-order valence-corrected chi connectivity index (χ1v) is 12.9. The summed E-state index contributed by atoms with van der Waals surface area (Å²) in [5, 5.41) is 11.2. The Hall–Kier alpha value is -4.18. The average molecular weight is 515 g/mol. The van der Waals surface area contributed by atoms with Gasteiger partial charge in [-0.1, -0.05) is 29.5 Å². The molecule has 1 saturated heterocycles. The standard InChI is InChI=1S/C27H26N6O3S/c1-19-4-2-5-20(16-19)26(35)33-14-12-32(13-15-33)23-9-7-22(8-10-23)29-24(34)18-37-27-31-30-25(36-27)21-6-3-11-28-17-21/h2-11,16-17H,12-15,18H2,1H3,(H,29,34). The Morgan fingerprint density at radius 2 is 1.81 bits per heavy atom. The lowest BCUT2D eigenvalue weighted by atomic mass is 10.1. The smallest absolute Gasteiger partial charge is 0.277 e. The average Bonchev–Trinajstić information content (AvgIpc) is 3.42. The van der Waals surface area contributed by atoms with Crippen molar-refractivity contribution in [3.05, 3.63) is 84.2 Å². The van der Waals surface area contributed by atoms with E-state index in [4.69, 9.17) is 4.42 Å². The number of aryl methyl sites for hydroxylation is 1. The first kappa shape index (κ1) is 24.5. The van der Waals surface area contributed by atoms with E-state index in [1.807, 2.05) is 66.4 Å². The summed E-state index contributed by atoms with van der Waals surface area (Å²) in [5.41, 5.74) is 4.32. The summed E-state index contributed by atoms with van der Waals surface area (Å²) in [5.74, 6) is 0.426. The minimum atomic E-state index is -0.165. The largest absolute Gasteiger partial charge is 0.411 e. The number of benzene rings is 2. The first-order valence-electron chi connectivity index (χ1n) is 11.9. The van der Waals surface area contributed by atoms with Crippen molar-refractivity contribution in [1.82, 2.24) is 20.1 Å². The van der Waals surface area contributed by atoms with Crippen molar-refractivity contribution in [1.29, 1.82) is 0 Å². The molecule has 0 unspecified atom stereocenters. The van der Waals surface area contributed by atoms with Gasteiger partial charge in [-0.05, 0) is 55.5 Å². The molecule has 0 aliphatic carbocycles. The highest BCUT2D eigenvalue weighted by Gasteiger charge is 2.22. The molecule has 3 heterocycles. The number of carbonyl (C=O) groups is 2. The summed E-state index contributed by atoms with van der Waals surface area (Å²) < 4.78 is 5.60. The normalized spacial score (nSPS) is 13.4. The maximum absolute atomic E-state index is 12.8. The van der Waals surface area contributed by atoms with Crippen molar-refractivity contribution in [2.45, 2.75) is 12.1 Å². The molecule has 5 rings (SSSR count). The van der Waals surface area contributed by atoms with Crippen molar-refractivity contribution in [3.63, 3.8) is 0 Å². The quantitative estimate of drug-likeness (QED) is 0.367. The lowest BCUT2D eigenvalue weighted by Crippen LogP contribution is -2.48. The number of pyridine rings is 1. The lowest BCUT2D eigenvalue weighted by molar-refractivity contribution is -0.113. The zero-order valence-electron chi connectivity index (χ0n) is 20.3. The van der Waals surface area contributed by atoms with Crippen molar-refractivity contribution < 1.29 is 14.0 Å². The highest BCUT2D eigenvalue weighted by Crippen LogP contribution is 2.24. The molecular weight excluding hydrogens is 488 g/mol. The molecule has 0 spiro atoms. The summed E-state index contributed by atoms with van der Waals surface area (Å²) in [6.45, 7) is 4.84. The van der Waals surface area contributed by atoms with E-state index in [-0.39, 0.29) is 17.6 Å². The molecule has 2 aromatic heterocycles. The highest BCUT2D eigenvalue weighted by molar-refractivity contribution is 7.99. The summed E-state index contributed by atoms with van der Waals surface area (Å²) in [4.78, 5) is 33.4. The van der Waals surface area contributed by atoms with Gasteiger partial charge in [-0.3, -0.25) is 14.6 Å². The van der Waals surface area contributed by atoms with Crippen LogP contribution in [0.5, 0.6) is 0 Å². The zero-order chi connectivity index (χ0) is 25.6. The van der Waals surface area contributed by atoms with Crippen LogP contribution in [0.1, 0.15) is 15.9 Å². The van der Waals surface area contributed by atoms with E-state index in [0.29, 0.717) is 29.9 Å². The zero-order valence-corrected chi connectivity index (χ0v) is 21.1. The molecule has 9 nitrogen and oxygen atoms in total. The number of thioether (sulfide) groups is 1. The Bertz CT molecular complexity index is 1370. The second kappa shape index (κ2) is 11.3. The Morgan fingerprint density at radius 1 is 1.00 bits per heavy atom. The number of anilines is 2. The second-order valence-electron chi connectivity index (χ2n) is 8.65. The van der Waals surface area contributed by atoms with E-state index in [9.17, 15) is 9.59 Å². The predicted octanol–water partition coefficient (Wildman–Crippen LogP) is 4.13. The van der Waals surface area contributed by atoms with Crippen LogP contribution < -0.4 is 10.2 Å². The van der Waals surface area contributed by atoms with E-state index >= 15 is 0 Å². The van der Waals surface area contributed by atoms with Gasteiger partial charge < -0.3 is 19.5 Å². The Balaban J connectivity index is 1.09. The van der Waals surface area contributed by atoms with Crippen LogP contribution in [0.25, 0.3) is 11.5 Å². The highest BCUT2D eigenvalue weighted by atomic mass is 32.2. The minimum absolute atomic E-state index is 0.0770. The lowest BCUT2D eigenvalue weighted by Gasteiger charge is -2.36. The van der Waals surface area contributed by atoms with Gasteiger partial charge in [0.25, 0.3) is 11.1 Å². The molecule has 2 amide bonds. The number of hydrogen-bond donors (Lipinski definition) is 1. The third-order valence-corrected chi connectivity index (χ3v) is 6.81. The van der Waals surface area contributed by atoms with Crippen LogP contribution in [0.3, 0.4) is 0 Å². The third kappa shape index (κ3) is 6.15. The van der Waals surface area contributed by atoms with Gasteiger partial charge in [0.2, 0.25) is 11.8 Å². The fourth-order valence-corrected chi connectivity index (χ4v) is 4.65. The van der Waals surface area contributed by atoms with E-state index in [0.717, 1.165) is 35.5 Å². The minimum Gasteiger partial charge on any atom is -0.411 e. The monoisotopic (exact) mass is 514 g/mol. The van der Waals surface area contributed by atoms with Gasteiger partial charge >= 0.3 is 0 Å². The molecule has 0 radical (unpaired) electrons. The van der Waals surface area contributed by atoms with Crippen molar-refractivity contribution in [3.8, 4) is 11.5 Å². The number of rotatable bonds is 7. The Morgan fingerprint density at radius 3 is 2.54 bits per heavy atom. The summed E-state index contributed by atoms with van der Waals surface area (Å²) in [7, 11) is 0. The van der Waals surface area contributed by atoms with Crippen LogP contribution in [-0.4, -0.2) is 63.8 Å². The predicted molar refractivity (Wildman–Crippen MR) is 143 cm³/mol. The van der Waals surface area contributed by atoms with Crippen molar-refractivity contribution >= 4 is 35.0 Å². The number of carbonyl (C=O) groups excluding carboxylic acids is 2. The summed E-state index contributed by atoms with van der Waals surface area (Å²) in [6, 6.07) is 19.1. The number of nitrogens with zero attached hydrogens (tertiary/aromatic N) is 5. The molecule has 0 bridgehead atoms. The molecule has 1 N–H and O–H groups in total. The number of amides is 2. The third-order valence-electron chi connectivity index (χ3n) is 5.99. The SMILES string of the molecule is Cc1cccc(C(=O)N2CCN(c3ccc(NC(=O)CSc4nnc(-c5cccnc5)o4)cc3)CC2)c1. The van der Waals surface area contributed by atoms with Crippen LogP contribution in [0.15, 0.2) is 82.7 Å². The molecule has 0 atom stereocenters. The molecule has 4 aromatic rings.